The van der Waals surface area contributed by atoms with E-state index >= 15 is 0 Å². The Morgan fingerprint density at radius 2 is 1.82 bits per heavy atom. The van der Waals surface area contributed by atoms with Crippen molar-refractivity contribution < 1.29 is 17.9 Å². The Labute approximate surface area is 212 Å². The predicted molar refractivity (Wildman–Crippen MR) is 138 cm³/mol. The number of anilines is 1. The van der Waals surface area contributed by atoms with Crippen LogP contribution in [0.5, 0.6) is 5.75 Å². The fourth-order valence-electron chi connectivity index (χ4n) is 3.09. The highest BCUT2D eigenvalue weighted by Gasteiger charge is 2.29. The van der Waals surface area contributed by atoms with Crippen molar-refractivity contribution in [1.82, 2.24) is 5.43 Å². The zero-order chi connectivity index (χ0) is 24.9. The van der Waals surface area contributed by atoms with Crippen LogP contribution in [0.1, 0.15) is 18.1 Å². The van der Waals surface area contributed by atoms with Crippen LogP contribution in [0.15, 0.2) is 81.2 Å². The maximum Gasteiger partial charge on any atom is 0.264 e. The van der Waals surface area contributed by atoms with Crippen molar-refractivity contribution in [2.75, 3.05) is 18.0 Å². The van der Waals surface area contributed by atoms with Crippen molar-refractivity contribution in [2.45, 2.75) is 18.7 Å². The lowest BCUT2D eigenvalue weighted by Crippen LogP contribution is -2.40. The third-order valence-electron chi connectivity index (χ3n) is 4.90. The zero-order valence-electron chi connectivity index (χ0n) is 18.7. The lowest BCUT2D eigenvalue weighted by molar-refractivity contribution is -0.119. The summed E-state index contributed by atoms with van der Waals surface area (Å²) in [4.78, 5) is 12.9. The van der Waals surface area contributed by atoms with Gasteiger partial charge < -0.3 is 4.74 Å². The summed E-state index contributed by atoms with van der Waals surface area (Å²) >= 11 is 9.55. The van der Waals surface area contributed by atoms with Gasteiger partial charge in [0.1, 0.15) is 12.3 Å². The largest absolute Gasteiger partial charge is 0.495 e. The summed E-state index contributed by atoms with van der Waals surface area (Å²) < 4.78 is 34.3. The van der Waals surface area contributed by atoms with Crippen LogP contribution in [0.2, 0.25) is 5.02 Å². The molecule has 0 spiro atoms. The topological polar surface area (TPSA) is 88.1 Å². The van der Waals surface area contributed by atoms with Gasteiger partial charge in [-0.1, -0.05) is 57.4 Å². The van der Waals surface area contributed by atoms with Gasteiger partial charge in [-0.2, -0.15) is 5.10 Å². The van der Waals surface area contributed by atoms with Crippen LogP contribution in [0.25, 0.3) is 0 Å². The fourth-order valence-corrected chi connectivity index (χ4v) is 5.07. The molecule has 3 rings (SSSR count). The number of hydrogen-bond donors (Lipinski definition) is 1. The van der Waals surface area contributed by atoms with E-state index in [0.29, 0.717) is 10.7 Å². The number of nitrogens with zero attached hydrogens (tertiary/aromatic N) is 2. The van der Waals surface area contributed by atoms with Crippen molar-refractivity contribution >= 4 is 54.9 Å². The molecular weight excluding hydrogens is 542 g/mol. The molecule has 3 aromatic rings. The molecule has 1 amide bonds. The average molecular weight is 565 g/mol. The first-order chi connectivity index (χ1) is 16.1. The number of carbonyl (C=O) groups is 1. The molecule has 1 N–H and O–H groups in total. The number of halogens is 2. The van der Waals surface area contributed by atoms with Crippen molar-refractivity contribution in [2.24, 2.45) is 5.10 Å². The Morgan fingerprint density at radius 1 is 1.12 bits per heavy atom. The van der Waals surface area contributed by atoms with E-state index in [1.807, 2.05) is 31.2 Å². The fraction of sp³-hybridized carbons (Fsp3) is 0.167. The molecule has 0 saturated carbocycles. The number of sulfonamides is 1. The van der Waals surface area contributed by atoms with E-state index < -0.39 is 22.5 Å². The quantitative estimate of drug-likeness (QED) is 0.303. The van der Waals surface area contributed by atoms with Gasteiger partial charge in [-0.3, -0.25) is 9.10 Å². The molecule has 34 heavy (non-hydrogen) atoms. The molecule has 0 heterocycles. The number of rotatable bonds is 8. The highest BCUT2D eigenvalue weighted by atomic mass is 79.9. The van der Waals surface area contributed by atoms with Gasteiger partial charge in [0.05, 0.1) is 23.4 Å². The van der Waals surface area contributed by atoms with Crippen LogP contribution >= 0.6 is 27.5 Å². The number of methoxy groups -OCH3 is 1. The summed E-state index contributed by atoms with van der Waals surface area (Å²) in [6.07, 6.45) is 0. The standard InChI is InChI=1S/C24H23BrClN3O4S/c1-16-7-10-21(11-8-16)34(31,32)29(22-14-20(26)9-12-23(22)33-3)15-24(30)28-27-17(2)18-5-4-6-19(25)13-18/h4-14H,15H2,1-3H3,(H,28,30)/b27-17-. The lowest BCUT2D eigenvalue weighted by atomic mass is 10.1. The Hall–Kier alpha value is -2.88. The molecule has 178 valence electrons. The number of benzene rings is 3. The van der Waals surface area contributed by atoms with E-state index in [2.05, 4.69) is 26.5 Å². The molecule has 0 radical (unpaired) electrons. The van der Waals surface area contributed by atoms with Crippen LogP contribution < -0.4 is 14.5 Å². The maximum absolute atomic E-state index is 13.6. The number of nitrogens with one attached hydrogen (secondary N) is 1. The highest BCUT2D eigenvalue weighted by Crippen LogP contribution is 2.34. The van der Waals surface area contributed by atoms with Crippen LogP contribution in [-0.4, -0.2) is 33.7 Å². The Kier molecular flexibility index (Phi) is 8.35. The Balaban J connectivity index is 1.96. The molecule has 3 aromatic carbocycles. The summed E-state index contributed by atoms with van der Waals surface area (Å²) in [6, 6.07) is 18.3. The van der Waals surface area contributed by atoms with Gasteiger partial charge in [0, 0.05) is 9.50 Å². The Bertz CT molecular complexity index is 1330. The van der Waals surface area contributed by atoms with E-state index in [1.54, 1.807) is 31.2 Å². The highest BCUT2D eigenvalue weighted by molar-refractivity contribution is 9.10. The van der Waals surface area contributed by atoms with Crippen molar-refractivity contribution in [3.8, 4) is 5.75 Å². The first-order valence-electron chi connectivity index (χ1n) is 10.1. The minimum Gasteiger partial charge on any atom is -0.495 e. The summed E-state index contributed by atoms with van der Waals surface area (Å²) in [5.41, 5.74) is 4.84. The van der Waals surface area contributed by atoms with E-state index in [0.717, 1.165) is 19.9 Å². The normalized spacial score (nSPS) is 11.7. The molecule has 0 saturated heterocycles. The van der Waals surface area contributed by atoms with Crippen molar-refractivity contribution in [3.63, 3.8) is 0 Å². The zero-order valence-corrected chi connectivity index (χ0v) is 21.9. The number of aryl methyl sites for hydroxylation is 1. The van der Waals surface area contributed by atoms with Gasteiger partial charge in [-0.05, 0) is 61.9 Å². The first-order valence-corrected chi connectivity index (χ1v) is 12.7. The number of carbonyl (C=O) groups excluding carboxylic acids is 1. The van der Waals surface area contributed by atoms with E-state index in [4.69, 9.17) is 16.3 Å². The molecule has 0 unspecified atom stereocenters. The van der Waals surface area contributed by atoms with Crippen molar-refractivity contribution in [3.05, 3.63) is 87.4 Å². The van der Waals surface area contributed by atoms with Crippen LogP contribution in [0, 0.1) is 6.92 Å². The second-order valence-electron chi connectivity index (χ2n) is 7.38. The third kappa shape index (κ3) is 6.16. The third-order valence-corrected chi connectivity index (χ3v) is 7.40. The molecule has 0 fully saturated rings. The van der Waals surface area contributed by atoms with Gasteiger partial charge in [-0.15, -0.1) is 0 Å². The molecule has 7 nitrogen and oxygen atoms in total. The average Bonchev–Trinajstić information content (AvgIpc) is 2.81. The summed E-state index contributed by atoms with van der Waals surface area (Å²) in [7, 11) is -2.72. The number of hydrazone groups is 1. The van der Waals surface area contributed by atoms with Crippen LogP contribution in [0.3, 0.4) is 0 Å². The summed E-state index contributed by atoms with van der Waals surface area (Å²) in [5, 5.41) is 4.42. The molecule has 0 atom stereocenters. The van der Waals surface area contributed by atoms with Gasteiger partial charge in [-0.25, -0.2) is 13.8 Å². The van der Waals surface area contributed by atoms with Gasteiger partial charge in [0.25, 0.3) is 15.9 Å². The SMILES string of the molecule is COc1ccc(Cl)cc1N(CC(=O)N/N=C(/C)c1cccc(Br)c1)S(=O)(=O)c1ccc(C)cc1. The number of amides is 1. The molecule has 0 bridgehead atoms. The van der Waals surface area contributed by atoms with E-state index in [9.17, 15) is 13.2 Å². The minimum atomic E-state index is -4.13. The second kappa shape index (κ2) is 11.0. The monoisotopic (exact) mass is 563 g/mol. The van der Waals surface area contributed by atoms with Crippen molar-refractivity contribution in [1.29, 1.82) is 0 Å². The molecule has 0 aromatic heterocycles. The minimum absolute atomic E-state index is 0.0294. The lowest BCUT2D eigenvalue weighted by Gasteiger charge is -2.25. The smallest absolute Gasteiger partial charge is 0.264 e. The summed E-state index contributed by atoms with van der Waals surface area (Å²) in [6.45, 7) is 3.05. The molecular formula is C24H23BrClN3O4S. The van der Waals surface area contributed by atoms with E-state index in [1.165, 1.54) is 25.3 Å². The molecule has 0 aliphatic rings. The Morgan fingerprint density at radius 3 is 2.47 bits per heavy atom. The summed E-state index contributed by atoms with van der Waals surface area (Å²) in [5.74, 6) is -0.381. The van der Waals surface area contributed by atoms with E-state index in [-0.39, 0.29) is 16.3 Å². The number of ether oxygens (including phenoxy) is 1. The molecule has 0 aliphatic heterocycles. The second-order valence-corrected chi connectivity index (χ2v) is 10.6. The number of hydrogen-bond acceptors (Lipinski definition) is 5. The van der Waals surface area contributed by atoms with Gasteiger partial charge in [0.15, 0.2) is 0 Å². The van der Waals surface area contributed by atoms with Gasteiger partial charge >= 0.3 is 0 Å². The van der Waals surface area contributed by atoms with Gasteiger partial charge in [0.2, 0.25) is 0 Å². The first kappa shape index (κ1) is 25.7. The predicted octanol–water partition coefficient (Wildman–Crippen LogP) is 5.16. The molecule has 0 aliphatic carbocycles. The molecule has 10 heteroatoms. The maximum atomic E-state index is 13.6. The van der Waals surface area contributed by atoms with Crippen LogP contribution in [0.4, 0.5) is 5.69 Å². The van der Waals surface area contributed by atoms with Crippen LogP contribution in [-0.2, 0) is 14.8 Å².